The molecule has 1 aliphatic heterocycles. The molecule has 0 aliphatic carbocycles. The van der Waals surface area contributed by atoms with Gasteiger partial charge in [0.15, 0.2) is 0 Å². The standard InChI is InChI=1S/C22H26N4O2S/c1-14-15(2)29-22-19(14)20(24-13-25-22)26-10-8-17(9-11-26)21(27)23-12-16-4-6-18(28-3)7-5-16/h4-7,13,17H,8-12H2,1-3H3,(H,23,27). The molecule has 1 aromatic carbocycles. The Morgan fingerprint density at radius 1 is 1.21 bits per heavy atom. The van der Waals surface area contributed by atoms with Crippen LogP contribution in [0.25, 0.3) is 10.2 Å². The van der Waals surface area contributed by atoms with Gasteiger partial charge in [-0.3, -0.25) is 4.79 Å². The number of aryl methyl sites for hydroxylation is 2. The Hall–Kier alpha value is -2.67. The number of carbonyl (C=O) groups excluding carboxylic acids is 1. The van der Waals surface area contributed by atoms with Gasteiger partial charge in [0.25, 0.3) is 0 Å². The van der Waals surface area contributed by atoms with Crippen LogP contribution < -0.4 is 15.0 Å². The zero-order valence-corrected chi connectivity index (χ0v) is 17.9. The van der Waals surface area contributed by atoms with Gasteiger partial charge in [-0.25, -0.2) is 9.97 Å². The zero-order chi connectivity index (χ0) is 20.4. The van der Waals surface area contributed by atoms with Crippen molar-refractivity contribution in [2.45, 2.75) is 33.2 Å². The Balaban J connectivity index is 1.36. The zero-order valence-electron chi connectivity index (χ0n) is 17.1. The van der Waals surface area contributed by atoms with E-state index in [0.717, 1.165) is 53.3 Å². The Morgan fingerprint density at radius 3 is 2.62 bits per heavy atom. The molecule has 1 N–H and O–H groups in total. The van der Waals surface area contributed by atoms with E-state index in [1.54, 1.807) is 24.8 Å². The number of nitrogens with zero attached hydrogens (tertiary/aromatic N) is 3. The Kier molecular flexibility index (Phi) is 5.67. The van der Waals surface area contributed by atoms with Crippen LogP contribution in [0.3, 0.4) is 0 Å². The maximum atomic E-state index is 12.6. The van der Waals surface area contributed by atoms with Crippen molar-refractivity contribution >= 4 is 33.3 Å². The van der Waals surface area contributed by atoms with Crippen molar-refractivity contribution in [3.63, 3.8) is 0 Å². The van der Waals surface area contributed by atoms with E-state index in [1.807, 2.05) is 24.3 Å². The fourth-order valence-electron chi connectivity index (χ4n) is 3.83. The summed E-state index contributed by atoms with van der Waals surface area (Å²) in [6.07, 6.45) is 3.32. The molecular formula is C22H26N4O2S. The summed E-state index contributed by atoms with van der Waals surface area (Å²) in [6.45, 7) is 6.48. The van der Waals surface area contributed by atoms with Gasteiger partial charge in [0.05, 0.1) is 12.5 Å². The highest BCUT2D eigenvalue weighted by molar-refractivity contribution is 7.18. The third-order valence-electron chi connectivity index (χ3n) is 5.74. The largest absolute Gasteiger partial charge is 0.497 e. The van der Waals surface area contributed by atoms with E-state index in [2.05, 4.69) is 34.0 Å². The topological polar surface area (TPSA) is 67.3 Å². The summed E-state index contributed by atoms with van der Waals surface area (Å²) in [6, 6.07) is 7.79. The first-order valence-corrected chi connectivity index (χ1v) is 10.7. The lowest BCUT2D eigenvalue weighted by molar-refractivity contribution is -0.125. The molecule has 2 aromatic heterocycles. The van der Waals surface area contributed by atoms with Gasteiger partial charge in [-0.1, -0.05) is 12.1 Å². The predicted octanol–water partition coefficient (Wildman–Crippen LogP) is 3.85. The molecule has 152 valence electrons. The van der Waals surface area contributed by atoms with Gasteiger partial charge >= 0.3 is 0 Å². The average molecular weight is 411 g/mol. The molecule has 3 heterocycles. The van der Waals surface area contributed by atoms with Crippen LogP contribution in [0, 0.1) is 19.8 Å². The first-order valence-electron chi connectivity index (χ1n) is 9.93. The van der Waals surface area contributed by atoms with Gasteiger partial charge in [0.2, 0.25) is 5.91 Å². The maximum absolute atomic E-state index is 12.6. The van der Waals surface area contributed by atoms with Crippen LogP contribution in [-0.2, 0) is 11.3 Å². The molecule has 0 bridgehead atoms. The Bertz CT molecular complexity index is 1010. The smallest absolute Gasteiger partial charge is 0.223 e. The Morgan fingerprint density at radius 2 is 1.93 bits per heavy atom. The first-order chi connectivity index (χ1) is 14.1. The van der Waals surface area contributed by atoms with Crippen LogP contribution >= 0.6 is 11.3 Å². The molecule has 29 heavy (non-hydrogen) atoms. The van der Waals surface area contributed by atoms with E-state index in [-0.39, 0.29) is 11.8 Å². The van der Waals surface area contributed by atoms with Crippen molar-refractivity contribution in [3.8, 4) is 5.75 Å². The van der Waals surface area contributed by atoms with E-state index in [9.17, 15) is 4.79 Å². The lowest BCUT2D eigenvalue weighted by Crippen LogP contribution is -2.40. The molecule has 7 heteroatoms. The maximum Gasteiger partial charge on any atom is 0.223 e. The number of amides is 1. The molecule has 3 aromatic rings. The molecule has 1 aliphatic rings. The highest BCUT2D eigenvalue weighted by Crippen LogP contribution is 2.35. The number of hydrogen-bond acceptors (Lipinski definition) is 6. The van der Waals surface area contributed by atoms with Crippen LogP contribution in [0.15, 0.2) is 30.6 Å². The summed E-state index contributed by atoms with van der Waals surface area (Å²) in [7, 11) is 1.65. The number of carbonyl (C=O) groups is 1. The number of methoxy groups -OCH3 is 1. The lowest BCUT2D eigenvalue weighted by atomic mass is 9.95. The molecule has 0 unspecified atom stereocenters. The molecule has 4 rings (SSSR count). The van der Waals surface area contributed by atoms with Crippen LogP contribution in [0.4, 0.5) is 5.82 Å². The second-order valence-electron chi connectivity index (χ2n) is 7.49. The monoisotopic (exact) mass is 410 g/mol. The van der Waals surface area contributed by atoms with Crippen LogP contribution in [-0.4, -0.2) is 36.1 Å². The normalized spacial score (nSPS) is 14.9. The number of aromatic nitrogens is 2. The summed E-state index contributed by atoms with van der Waals surface area (Å²) in [5.74, 6) is 2.01. The van der Waals surface area contributed by atoms with Gasteiger partial charge in [-0.05, 0) is 49.9 Å². The van der Waals surface area contributed by atoms with E-state index >= 15 is 0 Å². The molecule has 1 saturated heterocycles. The number of hydrogen-bond donors (Lipinski definition) is 1. The first kappa shape index (κ1) is 19.6. The van der Waals surface area contributed by atoms with E-state index in [1.165, 1.54) is 10.4 Å². The number of thiophene rings is 1. The fraction of sp³-hybridized carbons (Fsp3) is 0.409. The van der Waals surface area contributed by atoms with Crippen LogP contribution in [0.5, 0.6) is 5.75 Å². The van der Waals surface area contributed by atoms with E-state index < -0.39 is 0 Å². The molecule has 1 amide bonds. The molecule has 0 atom stereocenters. The summed E-state index contributed by atoms with van der Waals surface area (Å²) < 4.78 is 5.17. The van der Waals surface area contributed by atoms with Gasteiger partial charge < -0.3 is 15.0 Å². The van der Waals surface area contributed by atoms with Crippen LogP contribution in [0.2, 0.25) is 0 Å². The van der Waals surface area contributed by atoms with Crippen molar-refractivity contribution in [1.82, 2.24) is 15.3 Å². The van der Waals surface area contributed by atoms with Crippen molar-refractivity contribution in [1.29, 1.82) is 0 Å². The molecular weight excluding hydrogens is 384 g/mol. The van der Waals surface area contributed by atoms with Gasteiger partial charge in [0, 0.05) is 30.4 Å². The van der Waals surface area contributed by atoms with Gasteiger partial charge in [0.1, 0.15) is 22.7 Å². The van der Waals surface area contributed by atoms with Crippen molar-refractivity contribution in [3.05, 3.63) is 46.6 Å². The SMILES string of the molecule is COc1ccc(CNC(=O)C2CCN(c3ncnc4sc(C)c(C)c34)CC2)cc1. The van der Waals surface area contributed by atoms with Crippen molar-refractivity contribution in [2.75, 3.05) is 25.1 Å². The number of ether oxygens (including phenoxy) is 1. The summed E-state index contributed by atoms with van der Waals surface area (Å²) in [5.41, 5.74) is 2.34. The number of rotatable bonds is 5. The second kappa shape index (κ2) is 8.37. The van der Waals surface area contributed by atoms with Crippen molar-refractivity contribution < 1.29 is 9.53 Å². The number of anilines is 1. The minimum absolute atomic E-state index is 0.0483. The quantitative estimate of drug-likeness (QED) is 0.692. The second-order valence-corrected chi connectivity index (χ2v) is 8.69. The Labute approximate surface area is 174 Å². The van der Waals surface area contributed by atoms with E-state index in [4.69, 9.17) is 4.74 Å². The highest BCUT2D eigenvalue weighted by atomic mass is 32.1. The highest BCUT2D eigenvalue weighted by Gasteiger charge is 2.27. The molecule has 6 nitrogen and oxygen atoms in total. The number of piperidine rings is 1. The average Bonchev–Trinajstić information content (AvgIpc) is 3.06. The van der Waals surface area contributed by atoms with Gasteiger partial charge in [-0.2, -0.15) is 0 Å². The molecule has 0 radical (unpaired) electrons. The van der Waals surface area contributed by atoms with Crippen molar-refractivity contribution in [2.24, 2.45) is 5.92 Å². The number of fused-ring (bicyclic) bond motifs is 1. The third-order valence-corrected chi connectivity index (χ3v) is 6.85. The predicted molar refractivity (Wildman–Crippen MR) is 117 cm³/mol. The molecule has 0 saturated carbocycles. The summed E-state index contributed by atoms with van der Waals surface area (Å²) in [4.78, 5) is 26.3. The summed E-state index contributed by atoms with van der Waals surface area (Å²) >= 11 is 1.72. The molecule has 0 spiro atoms. The third kappa shape index (κ3) is 4.05. The van der Waals surface area contributed by atoms with Gasteiger partial charge in [-0.15, -0.1) is 11.3 Å². The fourth-order valence-corrected chi connectivity index (χ4v) is 4.83. The van der Waals surface area contributed by atoms with Crippen LogP contribution in [0.1, 0.15) is 28.8 Å². The molecule has 1 fully saturated rings. The minimum atomic E-state index is 0.0483. The number of nitrogens with one attached hydrogen (secondary N) is 1. The minimum Gasteiger partial charge on any atom is -0.497 e. The van der Waals surface area contributed by atoms with E-state index in [0.29, 0.717) is 6.54 Å². The number of benzene rings is 1. The lowest BCUT2D eigenvalue weighted by Gasteiger charge is -2.32. The summed E-state index contributed by atoms with van der Waals surface area (Å²) in [5, 5.41) is 4.24.